The van der Waals surface area contributed by atoms with Gasteiger partial charge in [0.05, 0.1) is 23.3 Å². The summed E-state index contributed by atoms with van der Waals surface area (Å²) in [6, 6.07) is 15.0. The van der Waals surface area contributed by atoms with Crippen molar-refractivity contribution in [1.82, 2.24) is 14.5 Å². The van der Waals surface area contributed by atoms with Gasteiger partial charge in [-0.2, -0.15) is 0 Å². The Kier molecular flexibility index (Phi) is 8.30. The van der Waals surface area contributed by atoms with Crippen molar-refractivity contribution in [3.05, 3.63) is 64.4 Å². The van der Waals surface area contributed by atoms with E-state index in [0.717, 1.165) is 11.3 Å². The molecular weight excluding hydrogens is 476 g/mol. The van der Waals surface area contributed by atoms with Crippen molar-refractivity contribution in [3.8, 4) is 0 Å². The van der Waals surface area contributed by atoms with E-state index in [-0.39, 0.29) is 29.4 Å². The molecule has 2 heterocycles. The van der Waals surface area contributed by atoms with Crippen molar-refractivity contribution in [2.45, 2.75) is 44.8 Å². The Morgan fingerprint density at radius 1 is 1.11 bits per heavy atom. The van der Waals surface area contributed by atoms with E-state index >= 15 is 0 Å². The zero-order valence-corrected chi connectivity index (χ0v) is 21.8. The third-order valence-electron chi connectivity index (χ3n) is 6.39. The van der Waals surface area contributed by atoms with E-state index in [9.17, 15) is 14.4 Å². The van der Waals surface area contributed by atoms with Crippen LogP contribution in [0.15, 0.2) is 58.5 Å². The van der Waals surface area contributed by atoms with E-state index in [2.05, 4.69) is 0 Å². The number of hydrogen-bond donors (Lipinski definition) is 0. The number of amides is 2. The van der Waals surface area contributed by atoms with Gasteiger partial charge in [0, 0.05) is 31.4 Å². The second-order valence-corrected chi connectivity index (χ2v) is 9.71. The normalized spacial score (nSPS) is 14.1. The minimum Gasteiger partial charge on any atom is -0.450 e. The number of benzene rings is 2. The first-order chi connectivity index (χ1) is 17.4. The van der Waals surface area contributed by atoms with Crippen molar-refractivity contribution in [1.29, 1.82) is 0 Å². The highest BCUT2D eigenvalue weighted by Crippen LogP contribution is 2.28. The van der Waals surface area contributed by atoms with Crippen molar-refractivity contribution in [2.24, 2.45) is 0 Å². The fourth-order valence-corrected chi connectivity index (χ4v) is 5.52. The fourth-order valence-electron chi connectivity index (χ4n) is 4.57. The molecule has 190 valence electrons. The van der Waals surface area contributed by atoms with Crippen molar-refractivity contribution < 1.29 is 14.3 Å². The number of carbonyl (C=O) groups excluding carboxylic acids is 2. The smallest absolute Gasteiger partial charge is 0.409 e. The van der Waals surface area contributed by atoms with E-state index in [0.29, 0.717) is 55.1 Å². The minimum atomic E-state index is -0.323. The van der Waals surface area contributed by atoms with Gasteiger partial charge in [0.1, 0.15) is 0 Å². The largest absolute Gasteiger partial charge is 0.450 e. The fraction of sp³-hybridized carbons (Fsp3) is 0.407. The van der Waals surface area contributed by atoms with Crippen LogP contribution >= 0.6 is 11.8 Å². The van der Waals surface area contributed by atoms with Crippen LogP contribution in [-0.2, 0) is 9.53 Å². The number of aromatic nitrogens is 2. The number of nitrogens with zero attached hydrogens (tertiary/aromatic N) is 4. The van der Waals surface area contributed by atoms with E-state index < -0.39 is 0 Å². The number of thioether (sulfide) groups is 1. The SMILES string of the molecule is CCOC(=O)N1CCC(n2c(SCC(=O)N(CC)c3cccc(C)c3)nc3ccccc3c2=O)CC1. The molecule has 0 bridgehead atoms. The van der Waals surface area contributed by atoms with Crippen LogP contribution in [-0.4, -0.2) is 58.4 Å². The first-order valence-corrected chi connectivity index (χ1v) is 13.3. The number of para-hydroxylation sites is 1. The van der Waals surface area contributed by atoms with Gasteiger partial charge >= 0.3 is 6.09 Å². The Hall–Kier alpha value is -3.33. The summed E-state index contributed by atoms with van der Waals surface area (Å²) >= 11 is 1.29. The molecule has 36 heavy (non-hydrogen) atoms. The number of fused-ring (bicyclic) bond motifs is 1. The van der Waals surface area contributed by atoms with E-state index in [1.54, 1.807) is 27.4 Å². The topological polar surface area (TPSA) is 84.7 Å². The molecule has 2 amide bonds. The standard InChI is InChI=1S/C27H32N4O4S/c1-4-30(21-10-8-9-19(3)17-21)24(32)18-36-26-28-23-12-7-6-11-22(23)25(33)31(26)20-13-15-29(16-14-20)27(34)35-5-2/h6-12,17,20H,4-5,13-16,18H2,1-3H3. The molecule has 0 saturated carbocycles. The quantitative estimate of drug-likeness (QED) is 0.341. The molecule has 0 aliphatic carbocycles. The summed E-state index contributed by atoms with van der Waals surface area (Å²) in [6.45, 7) is 7.62. The summed E-state index contributed by atoms with van der Waals surface area (Å²) in [5, 5.41) is 1.08. The van der Waals surface area contributed by atoms with E-state index in [1.807, 2.05) is 56.3 Å². The summed E-state index contributed by atoms with van der Waals surface area (Å²) in [5.74, 6) is 0.119. The summed E-state index contributed by atoms with van der Waals surface area (Å²) < 4.78 is 6.86. The van der Waals surface area contributed by atoms with Crippen molar-refractivity contribution in [2.75, 3.05) is 36.9 Å². The molecule has 0 N–H and O–H groups in total. The van der Waals surface area contributed by atoms with Crippen LogP contribution in [0.2, 0.25) is 0 Å². The zero-order valence-electron chi connectivity index (χ0n) is 21.0. The highest BCUT2D eigenvalue weighted by Gasteiger charge is 2.28. The molecule has 0 atom stereocenters. The Bertz CT molecular complexity index is 1300. The van der Waals surface area contributed by atoms with Gasteiger partial charge in [-0.1, -0.05) is 36.0 Å². The number of rotatable bonds is 7. The molecule has 1 fully saturated rings. The number of anilines is 1. The van der Waals surface area contributed by atoms with Crippen molar-refractivity contribution in [3.63, 3.8) is 0 Å². The molecule has 0 unspecified atom stereocenters. The van der Waals surface area contributed by atoms with Crippen molar-refractivity contribution >= 4 is 40.4 Å². The lowest BCUT2D eigenvalue weighted by Gasteiger charge is -2.33. The molecule has 3 aromatic rings. The Morgan fingerprint density at radius 3 is 2.56 bits per heavy atom. The van der Waals surface area contributed by atoms with Crippen LogP contribution in [0, 0.1) is 6.92 Å². The lowest BCUT2D eigenvalue weighted by atomic mass is 10.0. The molecule has 0 spiro atoms. The van der Waals surface area contributed by atoms with E-state index in [4.69, 9.17) is 9.72 Å². The van der Waals surface area contributed by atoms with Gasteiger partial charge in [0.2, 0.25) is 5.91 Å². The predicted molar refractivity (Wildman–Crippen MR) is 143 cm³/mol. The van der Waals surface area contributed by atoms with Gasteiger partial charge in [-0.3, -0.25) is 14.2 Å². The average molecular weight is 509 g/mol. The van der Waals surface area contributed by atoms with Crippen LogP contribution < -0.4 is 10.5 Å². The van der Waals surface area contributed by atoms with Crippen LogP contribution in [0.5, 0.6) is 0 Å². The van der Waals surface area contributed by atoms with E-state index in [1.165, 1.54) is 11.8 Å². The lowest BCUT2D eigenvalue weighted by Crippen LogP contribution is -2.41. The zero-order chi connectivity index (χ0) is 25.7. The Morgan fingerprint density at radius 2 is 1.86 bits per heavy atom. The molecule has 1 aliphatic rings. The molecule has 1 saturated heterocycles. The second-order valence-electron chi connectivity index (χ2n) is 8.77. The monoisotopic (exact) mass is 508 g/mol. The summed E-state index contributed by atoms with van der Waals surface area (Å²) in [7, 11) is 0. The number of ether oxygens (including phenoxy) is 1. The molecule has 9 heteroatoms. The first kappa shape index (κ1) is 25.8. The number of hydrogen-bond acceptors (Lipinski definition) is 6. The number of likely N-dealkylation sites (tertiary alicyclic amines) is 1. The number of aryl methyl sites for hydroxylation is 1. The van der Waals surface area contributed by atoms with Crippen LogP contribution in [0.1, 0.15) is 38.3 Å². The van der Waals surface area contributed by atoms with Gasteiger partial charge in [-0.15, -0.1) is 0 Å². The van der Waals surface area contributed by atoms with Crippen LogP contribution in [0.3, 0.4) is 0 Å². The number of carbonyl (C=O) groups is 2. The predicted octanol–water partition coefficient (Wildman–Crippen LogP) is 4.64. The Labute approximate surface area is 215 Å². The molecule has 0 radical (unpaired) electrons. The summed E-state index contributed by atoms with van der Waals surface area (Å²) in [4.78, 5) is 47.1. The van der Waals surface area contributed by atoms with Gasteiger partial charge in [0.25, 0.3) is 5.56 Å². The molecule has 4 rings (SSSR count). The average Bonchev–Trinajstić information content (AvgIpc) is 2.88. The third-order valence-corrected chi connectivity index (χ3v) is 7.32. The van der Waals surface area contributed by atoms with Gasteiger partial charge < -0.3 is 14.5 Å². The minimum absolute atomic E-state index is 0.0424. The maximum atomic E-state index is 13.6. The second kappa shape index (κ2) is 11.6. The van der Waals surface area contributed by atoms with Crippen LogP contribution in [0.4, 0.5) is 10.5 Å². The van der Waals surface area contributed by atoms with Gasteiger partial charge in [-0.25, -0.2) is 9.78 Å². The molecule has 2 aromatic carbocycles. The van der Waals surface area contributed by atoms with Gasteiger partial charge in [-0.05, 0) is 63.4 Å². The molecule has 8 nitrogen and oxygen atoms in total. The third kappa shape index (κ3) is 5.56. The highest BCUT2D eigenvalue weighted by molar-refractivity contribution is 7.99. The van der Waals surface area contributed by atoms with Gasteiger partial charge in [0.15, 0.2) is 5.16 Å². The maximum Gasteiger partial charge on any atom is 0.409 e. The number of piperidine rings is 1. The van der Waals surface area contributed by atoms with Crippen LogP contribution in [0.25, 0.3) is 10.9 Å². The molecule has 1 aromatic heterocycles. The molecule has 1 aliphatic heterocycles. The first-order valence-electron chi connectivity index (χ1n) is 12.4. The Balaban J connectivity index is 1.59. The lowest BCUT2D eigenvalue weighted by molar-refractivity contribution is -0.116. The maximum absolute atomic E-state index is 13.6. The molecular formula is C27H32N4O4S. The summed E-state index contributed by atoms with van der Waals surface area (Å²) in [5.41, 5.74) is 2.45. The summed E-state index contributed by atoms with van der Waals surface area (Å²) in [6.07, 6.45) is 0.908. The highest BCUT2D eigenvalue weighted by atomic mass is 32.2.